The van der Waals surface area contributed by atoms with Gasteiger partial charge in [0.15, 0.2) is 17.5 Å². The minimum Gasteiger partial charge on any atom is -0.295 e. The Kier molecular flexibility index (Phi) is 12.1. The monoisotopic (exact) mass is 1310 g/mol. The zero-order chi connectivity index (χ0) is 67.9. The summed E-state index contributed by atoms with van der Waals surface area (Å²) in [4.78, 5) is 49.5. The van der Waals surface area contributed by atoms with E-state index < -0.39 is 10.8 Å². The summed E-state index contributed by atoms with van der Waals surface area (Å²) in [7, 11) is 0. The number of nitrogens with zero attached hydrogens (tertiary/aromatic N) is 12. The van der Waals surface area contributed by atoms with Gasteiger partial charge in [-0.25, -0.2) is 44.9 Å². The Bertz CT molecular complexity index is 6640. The number of rotatable bonds is 9. The van der Waals surface area contributed by atoms with Crippen molar-refractivity contribution in [1.82, 2.24) is 58.6 Å². The molecule has 1 atom stereocenters. The van der Waals surface area contributed by atoms with Gasteiger partial charge in [0.2, 0.25) is 0 Å². The van der Waals surface area contributed by atoms with Crippen molar-refractivity contribution in [2.45, 2.75) is 57.3 Å². The number of imidazole rings is 3. The molecule has 0 radical (unpaired) electrons. The highest BCUT2D eigenvalue weighted by Gasteiger charge is 2.47. The van der Waals surface area contributed by atoms with Gasteiger partial charge in [0, 0.05) is 49.5 Å². The Hall–Kier alpha value is -12.9. The largest absolute Gasteiger partial charge is 0.295 e. The first-order valence-corrected chi connectivity index (χ1v) is 34.9. The lowest BCUT2D eigenvalue weighted by atomic mass is 9.76. The fraction of sp³-hybridized carbons (Fsp3) is 0.100. The second kappa shape index (κ2) is 21.3. The molecule has 0 fully saturated rings. The Labute approximate surface area is 587 Å². The van der Waals surface area contributed by atoms with Gasteiger partial charge in [-0.15, -0.1) is 0 Å². The van der Waals surface area contributed by atoms with Crippen LogP contribution in [0.2, 0.25) is 0 Å². The summed E-state index contributed by atoms with van der Waals surface area (Å²) in [5.41, 5.74) is 25.4. The zero-order valence-electron chi connectivity index (χ0n) is 56.6. The maximum absolute atomic E-state index is 5.74. The molecule has 3 aliphatic heterocycles. The highest BCUT2D eigenvalue weighted by atomic mass is 15.2. The summed E-state index contributed by atoms with van der Waals surface area (Å²) in [5, 5.41) is 2.92. The first-order valence-electron chi connectivity index (χ1n) is 34.9. The number of fused-ring (bicyclic) bond motifs is 18. The lowest BCUT2D eigenvalue weighted by Gasteiger charge is -2.27. The van der Waals surface area contributed by atoms with Crippen LogP contribution in [0.25, 0.3) is 162 Å². The van der Waals surface area contributed by atoms with E-state index in [0.29, 0.717) is 23.9 Å². The summed E-state index contributed by atoms with van der Waals surface area (Å²) in [6, 6.07) is 96.3. The zero-order valence-corrected chi connectivity index (χ0v) is 56.6. The maximum atomic E-state index is 5.74. The van der Waals surface area contributed by atoms with E-state index in [4.69, 9.17) is 44.9 Å². The Morgan fingerprint density at radius 1 is 0.284 bits per heavy atom. The number of hydrogen-bond donors (Lipinski definition) is 0. The number of para-hydroxylation sites is 9. The molecule has 0 saturated heterocycles. The van der Waals surface area contributed by atoms with Gasteiger partial charge in [-0.05, 0) is 147 Å². The standard InChI is InChI=1S/C90H62N12/c1-88(2)64-38-15-20-45-71(64)100-74-50-57(49-63(79(74)99-85(88)100)77-60-35-14-18-43-69(60)91-82(97-77)53-28-10-7-11-29-53)54-30-22-31-55(48-54)76-59-34-13-17-42-68(59)92-83(96-76)61-36-25-47-73-78(61)98-86-89(3,4)65-39-23-32-56(80(65)102(73)86)51-90(5)66-40-24-37-62(81(66)101-72-46-21-19-44-70(72)94-87(90)101)84-93-67-41-16-12-33-58(67)75(95-84)52-26-8-6-9-27-52/h6-50H,51H2,1-5H3. The average Bonchev–Trinajstić information content (AvgIpc) is 1.54. The van der Waals surface area contributed by atoms with E-state index in [-0.39, 0.29) is 5.41 Å². The smallest absolute Gasteiger partial charge is 0.162 e. The van der Waals surface area contributed by atoms with E-state index in [1.807, 2.05) is 30.3 Å². The molecule has 12 nitrogen and oxygen atoms in total. The lowest BCUT2D eigenvalue weighted by Crippen LogP contribution is -2.26. The SMILES string of the molecule is CC1(C)c2ccccc2-n2c1nc1c(-c3nc(-c4ccccc4)nc4ccccc34)cc(-c3cccc(-c4nc(-c5cccc6c5nc5n6-c6c(CC7(C)c8cccc(-c9nc(-c%10ccccc%10)c%10ccccc%10n9)c8-n8c7nc7ccccc78)cccc6C5(C)C)nc5ccccc45)c3)cc12. The molecule has 12 aromatic carbocycles. The predicted molar refractivity (Wildman–Crippen MR) is 409 cm³/mol. The number of hydrogen-bond acceptors (Lipinski definition) is 9. The quantitative estimate of drug-likeness (QED) is 0.139. The normalized spacial score (nSPS) is 15.1. The molecule has 482 valence electrons. The van der Waals surface area contributed by atoms with Crippen molar-refractivity contribution in [3.8, 4) is 96.1 Å². The third-order valence-electron chi connectivity index (χ3n) is 21.9. The van der Waals surface area contributed by atoms with Crippen LogP contribution in [0.3, 0.4) is 0 Å². The molecule has 9 heterocycles. The summed E-state index contributed by atoms with van der Waals surface area (Å²) >= 11 is 0. The van der Waals surface area contributed by atoms with E-state index in [0.717, 1.165) is 162 Å². The van der Waals surface area contributed by atoms with Crippen LogP contribution in [0.1, 0.15) is 74.3 Å². The van der Waals surface area contributed by atoms with Crippen molar-refractivity contribution in [1.29, 1.82) is 0 Å². The van der Waals surface area contributed by atoms with Crippen LogP contribution in [0.5, 0.6) is 0 Å². The van der Waals surface area contributed by atoms with Crippen molar-refractivity contribution in [3.05, 3.63) is 313 Å². The topological polar surface area (TPSA) is 131 Å². The van der Waals surface area contributed by atoms with Gasteiger partial charge < -0.3 is 0 Å². The molecule has 6 aromatic heterocycles. The third kappa shape index (κ3) is 8.28. The van der Waals surface area contributed by atoms with Crippen molar-refractivity contribution in [2.75, 3.05) is 0 Å². The molecule has 0 saturated carbocycles. The fourth-order valence-corrected chi connectivity index (χ4v) is 17.0. The Morgan fingerprint density at radius 2 is 0.784 bits per heavy atom. The van der Waals surface area contributed by atoms with Crippen molar-refractivity contribution in [2.24, 2.45) is 0 Å². The van der Waals surface area contributed by atoms with Crippen molar-refractivity contribution < 1.29 is 0 Å². The van der Waals surface area contributed by atoms with E-state index in [9.17, 15) is 0 Å². The molecule has 0 amide bonds. The second-order valence-corrected chi connectivity index (χ2v) is 28.7. The van der Waals surface area contributed by atoms with Crippen LogP contribution in [-0.2, 0) is 22.7 Å². The van der Waals surface area contributed by atoms with Crippen LogP contribution >= 0.6 is 0 Å². The van der Waals surface area contributed by atoms with Crippen LogP contribution in [0.4, 0.5) is 0 Å². The van der Waals surface area contributed by atoms with Crippen LogP contribution < -0.4 is 0 Å². The second-order valence-electron chi connectivity index (χ2n) is 28.7. The van der Waals surface area contributed by atoms with E-state index >= 15 is 0 Å². The number of aromatic nitrogens is 12. The van der Waals surface area contributed by atoms with E-state index in [2.05, 4.69) is 291 Å². The highest BCUT2D eigenvalue weighted by Crippen LogP contribution is 2.54. The summed E-state index contributed by atoms with van der Waals surface area (Å²) in [6.45, 7) is 11.5. The molecule has 102 heavy (non-hydrogen) atoms. The molecule has 0 spiro atoms. The van der Waals surface area contributed by atoms with Gasteiger partial charge in [-0.1, -0.05) is 200 Å². The molecule has 1 unspecified atom stereocenters. The molecule has 18 aromatic rings. The minimum absolute atomic E-state index is 0.354. The predicted octanol–water partition coefficient (Wildman–Crippen LogP) is 20.3. The molecular weight excluding hydrogens is 1250 g/mol. The average molecular weight is 1310 g/mol. The number of benzene rings is 12. The highest BCUT2D eigenvalue weighted by molar-refractivity contribution is 6.06. The molecule has 0 bridgehead atoms. The lowest BCUT2D eigenvalue weighted by molar-refractivity contribution is 0.552. The van der Waals surface area contributed by atoms with Gasteiger partial charge in [0.05, 0.1) is 94.5 Å². The minimum atomic E-state index is -0.601. The van der Waals surface area contributed by atoms with Gasteiger partial charge in [-0.3, -0.25) is 13.7 Å². The van der Waals surface area contributed by atoms with Gasteiger partial charge in [0.1, 0.15) is 23.0 Å². The molecule has 0 N–H and O–H groups in total. The van der Waals surface area contributed by atoms with Crippen LogP contribution in [0, 0.1) is 0 Å². The Morgan fingerprint density at radius 3 is 1.53 bits per heavy atom. The molecule has 21 rings (SSSR count). The van der Waals surface area contributed by atoms with Gasteiger partial charge in [0.25, 0.3) is 0 Å². The molecular formula is C90H62N12. The van der Waals surface area contributed by atoms with Gasteiger partial charge in [-0.2, -0.15) is 0 Å². The first kappa shape index (κ1) is 58.1. The maximum Gasteiger partial charge on any atom is 0.162 e. The molecule has 12 heteroatoms. The summed E-state index contributed by atoms with van der Waals surface area (Å²) < 4.78 is 7.18. The fourth-order valence-electron chi connectivity index (χ4n) is 17.0. The third-order valence-corrected chi connectivity index (χ3v) is 21.9. The van der Waals surface area contributed by atoms with E-state index in [1.54, 1.807) is 0 Å². The van der Waals surface area contributed by atoms with Crippen molar-refractivity contribution in [3.63, 3.8) is 0 Å². The summed E-state index contributed by atoms with van der Waals surface area (Å²) in [5.74, 6) is 4.87. The van der Waals surface area contributed by atoms with Crippen LogP contribution in [-0.4, -0.2) is 58.6 Å². The first-order chi connectivity index (χ1) is 49.9. The van der Waals surface area contributed by atoms with Gasteiger partial charge >= 0.3 is 0 Å². The molecule has 3 aliphatic rings. The molecule has 0 aliphatic carbocycles. The van der Waals surface area contributed by atoms with E-state index in [1.165, 1.54) is 22.3 Å². The van der Waals surface area contributed by atoms with Crippen LogP contribution in [0.15, 0.2) is 273 Å². The summed E-state index contributed by atoms with van der Waals surface area (Å²) in [6.07, 6.45) is 0.646. The van der Waals surface area contributed by atoms with Crippen molar-refractivity contribution >= 4 is 65.8 Å². The Balaban J connectivity index is 0.703.